The Morgan fingerprint density at radius 2 is 1.59 bits per heavy atom. The van der Waals surface area contributed by atoms with Gasteiger partial charge in [-0.15, -0.1) is 0 Å². The predicted octanol–water partition coefficient (Wildman–Crippen LogP) is 3.11. The molecule has 212 valence electrons. The molecule has 3 heterocycles. The lowest BCUT2D eigenvalue weighted by Crippen LogP contribution is -2.43. The lowest BCUT2D eigenvalue weighted by atomic mass is 10.0. The highest BCUT2D eigenvalue weighted by Crippen LogP contribution is 2.25. The lowest BCUT2D eigenvalue weighted by Gasteiger charge is -2.33. The molecule has 0 bridgehead atoms. The molecule has 0 spiro atoms. The Balaban J connectivity index is 0.000000404. The lowest BCUT2D eigenvalue weighted by molar-refractivity contribution is -0.193. The van der Waals surface area contributed by atoms with Gasteiger partial charge in [0.25, 0.3) is 5.56 Å². The molecular formula is C22H32F6N4O5. The van der Waals surface area contributed by atoms with Crippen LogP contribution in [0.1, 0.15) is 56.2 Å². The molecule has 1 unspecified atom stereocenters. The van der Waals surface area contributed by atoms with Gasteiger partial charge in [-0.05, 0) is 39.4 Å². The fourth-order valence-corrected chi connectivity index (χ4v) is 3.94. The molecule has 0 saturated heterocycles. The fourth-order valence-electron chi connectivity index (χ4n) is 3.94. The zero-order valence-corrected chi connectivity index (χ0v) is 20.8. The Morgan fingerprint density at radius 3 is 2.05 bits per heavy atom. The fraction of sp³-hybridized carbons (Fsp3) is 0.727. The largest absolute Gasteiger partial charge is 0.490 e. The number of hydrogen-bond donors (Lipinski definition) is 2. The third-order valence-corrected chi connectivity index (χ3v) is 5.80. The Kier molecular flexibility index (Phi) is 12.0. The molecule has 1 aromatic rings. The van der Waals surface area contributed by atoms with Crippen molar-refractivity contribution in [2.45, 2.75) is 70.9 Å². The average molecular weight is 547 g/mol. The van der Waals surface area contributed by atoms with Gasteiger partial charge in [-0.1, -0.05) is 13.8 Å². The van der Waals surface area contributed by atoms with Crippen molar-refractivity contribution in [1.29, 1.82) is 0 Å². The highest BCUT2D eigenvalue weighted by Gasteiger charge is 2.39. The molecule has 37 heavy (non-hydrogen) atoms. The number of carboxylic acids is 2. The van der Waals surface area contributed by atoms with Crippen LogP contribution in [0.15, 0.2) is 4.79 Å². The molecule has 2 aliphatic heterocycles. The topological polar surface area (TPSA) is 116 Å². The van der Waals surface area contributed by atoms with E-state index in [9.17, 15) is 31.1 Å². The summed E-state index contributed by atoms with van der Waals surface area (Å²) in [4.78, 5) is 40.6. The number of likely N-dealkylation sites (N-methyl/N-ethyl adjacent to an activating group) is 1. The molecule has 2 aliphatic rings. The normalized spacial score (nSPS) is 17.5. The number of aliphatic carboxylic acids is 2. The molecule has 1 aromatic heterocycles. The van der Waals surface area contributed by atoms with Gasteiger partial charge in [-0.3, -0.25) is 14.3 Å². The van der Waals surface area contributed by atoms with Crippen molar-refractivity contribution in [1.82, 2.24) is 19.4 Å². The van der Waals surface area contributed by atoms with Crippen LogP contribution in [0.2, 0.25) is 0 Å². The van der Waals surface area contributed by atoms with Gasteiger partial charge in [0, 0.05) is 32.5 Å². The number of halogens is 6. The zero-order valence-electron chi connectivity index (χ0n) is 20.8. The monoisotopic (exact) mass is 546 g/mol. The first kappa shape index (κ1) is 32.3. The number of nitrogens with zero attached hydrogens (tertiary/aromatic N) is 4. The Hall–Kier alpha value is -2.68. The maximum atomic E-state index is 13.2. The number of alkyl halides is 6. The number of aryl methyl sites for hydroxylation is 1. The second kappa shape index (κ2) is 13.7. The maximum Gasteiger partial charge on any atom is 0.490 e. The van der Waals surface area contributed by atoms with E-state index in [0.29, 0.717) is 0 Å². The van der Waals surface area contributed by atoms with E-state index in [1.54, 1.807) is 0 Å². The standard InChI is InChI=1S/C18H30N4O.2C2HF3O2/c1-4-10-21-11-9-16-15(13-21)18(23)22-14(12-20(3)5-2)7-6-8-17(22)19-16;2*3-2(4,5)1(6)7/h14H,4-13H2,1-3H3;2*(H,6,7). The SMILES string of the molecule is CCCN1CCc2nc3n(c(=O)c2C1)C(CN(C)CC)CCC3.O=C(O)C(F)(F)F.O=C(O)C(F)(F)F. The van der Waals surface area contributed by atoms with Crippen molar-refractivity contribution < 1.29 is 46.1 Å². The molecule has 3 rings (SSSR count). The quantitative estimate of drug-likeness (QED) is 0.542. The highest BCUT2D eigenvalue weighted by atomic mass is 19.4. The van der Waals surface area contributed by atoms with E-state index in [-0.39, 0.29) is 11.6 Å². The molecule has 15 heteroatoms. The Morgan fingerprint density at radius 1 is 1.05 bits per heavy atom. The van der Waals surface area contributed by atoms with E-state index in [4.69, 9.17) is 24.8 Å². The van der Waals surface area contributed by atoms with E-state index < -0.39 is 24.3 Å². The van der Waals surface area contributed by atoms with Crippen LogP contribution in [0.25, 0.3) is 0 Å². The van der Waals surface area contributed by atoms with E-state index in [2.05, 4.69) is 30.7 Å². The summed E-state index contributed by atoms with van der Waals surface area (Å²) in [5, 5.41) is 14.2. The number of rotatable bonds is 5. The predicted molar refractivity (Wildman–Crippen MR) is 120 cm³/mol. The summed E-state index contributed by atoms with van der Waals surface area (Å²) in [5.41, 5.74) is 2.26. The summed E-state index contributed by atoms with van der Waals surface area (Å²) < 4.78 is 65.5. The Bertz CT molecular complexity index is 956. The number of hydrogen-bond acceptors (Lipinski definition) is 6. The third-order valence-electron chi connectivity index (χ3n) is 5.80. The first-order chi connectivity index (χ1) is 17.0. The molecule has 0 amide bonds. The molecule has 0 radical (unpaired) electrons. The van der Waals surface area contributed by atoms with Crippen LogP contribution in [0.4, 0.5) is 26.3 Å². The minimum atomic E-state index is -5.08. The molecule has 0 aromatic carbocycles. The van der Waals surface area contributed by atoms with Crippen LogP contribution in [0.5, 0.6) is 0 Å². The molecule has 2 N–H and O–H groups in total. The van der Waals surface area contributed by atoms with Crippen molar-refractivity contribution >= 4 is 11.9 Å². The van der Waals surface area contributed by atoms with Crippen LogP contribution in [0.3, 0.4) is 0 Å². The summed E-state index contributed by atoms with van der Waals surface area (Å²) >= 11 is 0. The van der Waals surface area contributed by atoms with E-state index >= 15 is 0 Å². The Labute approximate surface area is 209 Å². The molecule has 0 saturated carbocycles. The number of carboxylic acid groups (broad SMARTS) is 2. The van der Waals surface area contributed by atoms with Crippen molar-refractivity contribution in [3.8, 4) is 0 Å². The number of carbonyl (C=O) groups is 2. The summed E-state index contributed by atoms with van der Waals surface area (Å²) in [7, 11) is 2.13. The van der Waals surface area contributed by atoms with Crippen molar-refractivity contribution in [2.75, 3.05) is 33.2 Å². The van der Waals surface area contributed by atoms with E-state index in [0.717, 1.165) is 81.9 Å². The van der Waals surface area contributed by atoms with Gasteiger partial charge in [-0.25, -0.2) is 14.6 Å². The first-order valence-corrected chi connectivity index (χ1v) is 11.7. The average Bonchev–Trinajstić information content (AvgIpc) is 2.79. The molecule has 1 atom stereocenters. The van der Waals surface area contributed by atoms with Gasteiger partial charge < -0.3 is 15.1 Å². The van der Waals surface area contributed by atoms with Crippen LogP contribution in [-0.2, 0) is 29.0 Å². The summed E-state index contributed by atoms with van der Waals surface area (Å²) in [6.07, 6.45) is -4.91. The third kappa shape index (κ3) is 9.95. The van der Waals surface area contributed by atoms with Gasteiger partial charge in [0.05, 0.1) is 17.3 Å². The maximum absolute atomic E-state index is 13.2. The van der Waals surface area contributed by atoms with Crippen LogP contribution in [-0.4, -0.2) is 87.1 Å². The number of aromatic nitrogens is 2. The summed E-state index contributed by atoms with van der Waals surface area (Å²) in [6, 6.07) is 0.288. The minimum Gasteiger partial charge on any atom is -0.475 e. The molecule has 0 aliphatic carbocycles. The van der Waals surface area contributed by atoms with Gasteiger partial charge >= 0.3 is 24.3 Å². The van der Waals surface area contributed by atoms with Crippen LogP contribution < -0.4 is 5.56 Å². The smallest absolute Gasteiger partial charge is 0.475 e. The van der Waals surface area contributed by atoms with E-state index in [1.165, 1.54) is 0 Å². The molecular weight excluding hydrogens is 514 g/mol. The van der Waals surface area contributed by atoms with Gasteiger partial charge in [0.1, 0.15) is 5.82 Å². The summed E-state index contributed by atoms with van der Waals surface area (Å²) in [6.45, 7) is 9.23. The second-order valence-electron chi connectivity index (χ2n) is 8.66. The zero-order chi connectivity index (χ0) is 28.6. The van der Waals surface area contributed by atoms with Crippen molar-refractivity contribution in [2.24, 2.45) is 0 Å². The van der Waals surface area contributed by atoms with Crippen LogP contribution in [0, 0.1) is 0 Å². The van der Waals surface area contributed by atoms with E-state index in [1.807, 2.05) is 4.57 Å². The molecule has 9 nitrogen and oxygen atoms in total. The highest BCUT2D eigenvalue weighted by molar-refractivity contribution is 5.73. The van der Waals surface area contributed by atoms with Crippen molar-refractivity contribution in [3.63, 3.8) is 0 Å². The van der Waals surface area contributed by atoms with Gasteiger partial charge in [-0.2, -0.15) is 26.3 Å². The van der Waals surface area contributed by atoms with Crippen molar-refractivity contribution in [3.05, 3.63) is 27.4 Å². The minimum absolute atomic E-state index is 0.236. The second-order valence-corrected chi connectivity index (χ2v) is 8.66. The number of fused-ring (bicyclic) bond motifs is 2. The summed E-state index contributed by atoms with van der Waals surface area (Å²) in [5.74, 6) is -4.49. The first-order valence-electron chi connectivity index (χ1n) is 11.7. The van der Waals surface area contributed by atoms with Gasteiger partial charge in [0.2, 0.25) is 0 Å². The molecule has 0 fully saturated rings. The van der Waals surface area contributed by atoms with Gasteiger partial charge in [0.15, 0.2) is 0 Å². The van der Waals surface area contributed by atoms with Crippen LogP contribution >= 0.6 is 0 Å².